The van der Waals surface area contributed by atoms with E-state index in [1.54, 1.807) is 31.2 Å². The number of ketones is 1. The van der Waals surface area contributed by atoms with Crippen LogP contribution in [0.5, 0.6) is 0 Å². The number of carbonyl (C=O) groups excluding carboxylic acids is 2. The number of hydrogen-bond donors (Lipinski definition) is 2. The van der Waals surface area contributed by atoms with Crippen molar-refractivity contribution in [3.8, 4) is 6.07 Å². The highest BCUT2D eigenvalue weighted by Crippen LogP contribution is 2.51. The molecule has 0 aliphatic carbocycles. The number of carbonyl (C=O) groups is 2. The quantitative estimate of drug-likeness (QED) is 0.869. The predicted octanol–water partition coefficient (Wildman–Crippen LogP) is 1.44. The van der Waals surface area contributed by atoms with Gasteiger partial charge in [0.25, 0.3) is 5.95 Å². The second kappa shape index (κ2) is 5.42. The number of ether oxygens (including phenoxy) is 2. The van der Waals surface area contributed by atoms with E-state index in [1.165, 1.54) is 6.92 Å². The van der Waals surface area contributed by atoms with Crippen molar-refractivity contribution in [2.24, 2.45) is 5.73 Å². The molecule has 1 aromatic rings. The first kappa shape index (κ1) is 15.6. The first-order valence-electron chi connectivity index (χ1n) is 7.36. The lowest BCUT2D eigenvalue weighted by Gasteiger charge is -2.33. The molecule has 1 aromatic carbocycles. The molecule has 24 heavy (non-hydrogen) atoms. The van der Waals surface area contributed by atoms with Crippen LogP contribution in [-0.4, -0.2) is 18.3 Å². The van der Waals surface area contributed by atoms with Crippen LogP contribution in [0, 0.1) is 11.3 Å². The zero-order valence-electron chi connectivity index (χ0n) is 13.2. The van der Waals surface area contributed by atoms with Crippen molar-refractivity contribution < 1.29 is 19.1 Å². The van der Waals surface area contributed by atoms with Crippen LogP contribution in [0.1, 0.15) is 19.4 Å². The van der Waals surface area contributed by atoms with Crippen molar-refractivity contribution in [3.05, 3.63) is 52.8 Å². The second-order valence-electron chi connectivity index (χ2n) is 5.35. The van der Waals surface area contributed by atoms with E-state index in [-0.39, 0.29) is 29.6 Å². The van der Waals surface area contributed by atoms with E-state index in [9.17, 15) is 14.9 Å². The average Bonchev–Trinajstić information content (AvgIpc) is 2.81. The van der Waals surface area contributed by atoms with Crippen molar-refractivity contribution in [1.82, 2.24) is 0 Å². The molecule has 0 saturated heterocycles. The largest absolute Gasteiger partial charge is 0.465 e. The Morgan fingerprint density at radius 2 is 2.17 bits per heavy atom. The Labute approximate surface area is 138 Å². The van der Waals surface area contributed by atoms with E-state index >= 15 is 0 Å². The van der Waals surface area contributed by atoms with Gasteiger partial charge in [0.05, 0.1) is 6.61 Å². The minimum Gasteiger partial charge on any atom is -0.465 e. The number of anilines is 1. The molecule has 0 aromatic heterocycles. The fraction of sp³-hybridized carbons (Fsp3) is 0.235. The molecule has 1 amide bonds. The number of amides is 1. The summed E-state index contributed by atoms with van der Waals surface area (Å²) in [5.41, 5.74) is 5.04. The number of nitriles is 1. The Bertz CT molecular complexity index is 863. The van der Waals surface area contributed by atoms with Crippen LogP contribution in [0.4, 0.5) is 5.69 Å². The van der Waals surface area contributed by atoms with Gasteiger partial charge < -0.3 is 20.5 Å². The van der Waals surface area contributed by atoms with E-state index in [2.05, 4.69) is 5.32 Å². The number of nitrogens with two attached hydrogens (primary N) is 1. The maximum absolute atomic E-state index is 12.9. The summed E-state index contributed by atoms with van der Waals surface area (Å²) in [5, 5.41) is 12.3. The summed E-state index contributed by atoms with van der Waals surface area (Å²) in [6.45, 7) is 3.22. The number of nitrogens with zero attached hydrogens (tertiary/aromatic N) is 1. The van der Waals surface area contributed by atoms with Gasteiger partial charge in [-0.3, -0.25) is 9.59 Å². The molecule has 2 aliphatic heterocycles. The highest BCUT2D eigenvalue weighted by molar-refractivity contribution is 6.18. The third-order valence-corrected chi connectivity index (χ3v) is 4.06. The molecule has 0 saturated carbocycles. The molecule has 0 fully saturated rings. The lowest BCUT2D eigenvalue weighted by Crippen LogP contribution is -2.45. The molecule has 3 rings (SSSR count). The summed E-state index contributed by atoms with van der Waals surface area (Å²) in [6, 6.07) is 8.77. The fourth-order valence-corrected chi connectivity index (χ4v) is 3.20. The van der Waals surface area contributed by atoms with Gasteiger partial charge in [-0.15, -0.1) is 0 Å². The van der Waals surface area contributed by atoms with Crippen LogP contribution in [0.15, 0.2) is 47.2 Å². The highest BCUT2D eigenvalue weighted by atomic mass is 16.7. The van der Waals surface area contributed by atoms with Crippen LogP contribution in [0.25, 0.3) is 0 Å². The van der Waals surface area contributed by atoms with Crippen molar-refractivity contribution >= 4 is 17.4 Å². The Morgan fingerprint density at radius 3 is 2.79 bits per heavy atom. The van der Waals surface area contributed by atoms with Gasteiger partial charge in [-0.25, -0.2) is 0 Å². The Morgan fingerprint density at radius 1 is 1.46 bits per heavy atom. The maximum Gasteiger partial charge on any atom is 0.294 e. The zero-order valence-corrected chi connectivity index (χ0v) is 13.2. The number of rotatable bonds is 3. The minimum atomic E-state index is -1.66. The molecule has 3 N–H and O–H groups in total. The van der Waals surface area contributed by atoms with Crippen molar-refractivity contribution in [2.75, 3.05) is 11.9 Å². The lowest BCUT2D eigenvalue weighted by molar-refractivity contribution is -0.122. The van der Waals surface area contributed by atoms with E-state index in [0.717, 1.165) is 0 Å². The topological polar surface area (TPSA) is 114 Å². The number of hydrogen-bond acceptors (Lipinski definition) is 6. The third kappa shape index (κ3) is 1.83. The molecule has 122 valence electrons. The van der Waals surface area contributed by atoms with Crippen LogP contribution in [0.3, 0.4) is 0 Å². The van der Waals surface area contributed by atoms with Gasteiger partial charge in [-0.05, 0) is 19.9 Å². The normalized spacial score (nSPS) is 22.0. The number of benzene rings is 1. The molecule has 0 unspecified atom stereocenters. The Kier molecular flexibility index (Phi) is 3.53. The second-order valence-corrected chi connectivity index (χ2v) is 5.35. The average molecular weight is 325 g/mol. The first-order valence-corrected chi connectivity index (χ1v) is 7.36. The van der Waals surface area contributed by atoms with Crippen LogP contribution >= 0.6 is 0 Å². The van der Waals surface area contributed by atoms with Gasteiger partial charge in [0.2, 0.25) is 11.8 Å². The summed E-state index contributed by atoms with van der Waals surface area (Å²) in [4.78, 5) is 25.3. The summed E-state index contributed by atoms with van der Waals surface area (Å²) in [6.07, 6.45) is 0. The van der Waals surface area contributed by atoms with Crippen molar-refractivity contribution in [3.63, 3.8) is 0 Å². The summed E-state index contributed by atoms with van der Waals surface area (Å²) < 4.78 is 10.7. The van der Waals surface area contributed by atoms with Crippen LogP contribution in [-0.2, 0) is 24.5 Å². The van der Waals surface area contributed by atoms with E-state index in [4.69, 9.17) is 15.2 Å². The Balaban J connectivity index is 2.44. The molecular formula is C17H15N3O4. The number of para-hydroxylation sites is 1. The standard InChI is InChI=1S/C17H15N3O4/c1-3-23-15-13(9(2)21)17(11(8-18)14(19)24-15)10-6-4-5-7-12(10)20-16(17)22/h4-7H,3,19H2,1-2H3,(H,20,22)/t17-/m0/s1. The maximum atomic E-state index is 12.9. The van der Waals surface area contributed by atoms with Gasteiger partial charge >= 0.3 is 0 Å². The van der Waals surface area contributed by atoms with Gasteiger partial charge in [0.1, 0.15) is 17.2 Å². The number of nitrogens with one attached hydrogen (secondary N) is 1. The molecule has 2 aliphatic rings. The SMILES string of the molecule is CCOC1=C(C(C)=O)[C@@]2(C(=O)Nc3ccccc32)C(C#N)=C(N)O1. The summed E-state index contributed by atoms with van der Waals surface area (Å²) in [5.74, 6) is -1.37. The highest BCUT2D eigenvalue weighted by Gasteiger charge is 2.59. The Hall–Kier alpha value is -3.27. The van der Waals surface area contributed by atoms with Crippen LogP contribution < -0.4 is 11.1 Å². The van der Waals surface area contributed by atoms with Crippen molar-refractivity contribution in [1.29, 1.82) is 5.26 Å². The number of Topliss-reactive ketones (excluding diaryl/α,β-unsaturated/α-hetero) is 1. The van der Waals surface area contributed by atoms with Gasteiger partial charge in [-0.2, -0.15) is 5.26 Å². The van der Waals surface area contributed by atoms with Gasteiger partial charge in [0.15, 0.2) is 11.2 Å². The first-order chi connectivity index (χ1) is 11.5. The molecule has 7 nitrogen and oxygen atoms in total. The smallest absolute Gasteiger partial charge is 0.294 e. The van der Waals surface area contributed by atoms with Gasteiger partial charge in [0, 0.05) is 11.3 Å². The summed E-state index contributed by atoms with van der Waals surface area (Å²) in [7, 11) is 0. The molecule has 7 heteroatoms. The zero-order chi connectivity index (χ0) is 17.5. The minimum absolute atomic E-state index is 0.0300. The third-order valence-electron chi connectivity index (χ3n) is 4.06. The molecule has 0 bridgehead atoms. The van der Waals surface area contributed by atoms with Crippen molar-refractivity contribution in [2.45, 2.75) is 19.3 Å². The summed E-state index contributed by atoms with van der Waals surface area (Å²) >= 11 is 0. The molecule has 2 heterocycles. The molecule has 0 radical (unpaired) electrons. The fourth-order valence-electron chi connectivity index (χ4n) is 3.20. The molecule has 1 atom stereocenters. The predicted molar refractivity (Wildman–Crippen MR) is 84.0 cm³/mol. The van der Waals surface area contributed by atoms with E-state index in [0.29, 0.717) is 11.3 Å². The lowest BCUT2D eigenvalue weighted by atomic mass is 9.68. The van der Waals surface area contributed by atoms with Gasteiger partial charge in [-0.1, -0.05) is 18.2 Å². The molecule has 1 spiro atoms. The number of fused-ring (bicyclic) bond motifs is 2. The van der Waals surface area contributed by atoms with Crippen LogP contribution in [0.2, 0.25) is 0 Å². The van der Waals surface area contributed by atoms with E-state index < -0.39 is 17.1 Å². The van der Waals surface area contributed by atoms with E-state index in [1.807, 2.05) is 6.07 Å². The molecular weight excluding hydrogens is 310 g/mol. The monoisotopic (exact) mass is 325 g/mol.